The molecule has 2 aliphatic rings. The van der Waals surface area contributed by atoms with Gasteiger partial charge in [0.1, 0.15) is 0 Å². The summed E-state index contributed by atoms with van der Waals surface area (Å²) in [6.45, 7) is 2.26. The minimum atomic E-state index is -4.32. The van der Waals surface area contributed by atoms with Gasteiger partial charge in [0.2, 0.25) is 0 Å². The zero-order valence-corrected chi connectivity index (χ0v) is 15.7. The summed E-state index contributed by atoms with van der Waals surface area (Å²) in [5.41, 5.74) is -0.974. The lowest BCUT2D eigenvalue weighted by atomic mass is 9.66. The molecule has 4 heteroatoms. The van der Waals surface area contributed by atoms with Gasteiger partial charge in [0.25, 0.3) is 0 Å². The van der Waals surface area contributed by atoms with Gasteiger partial charge in [-0.05, 0) is 74.0 Å². The Morgan fingerprint density at radius 1 is 0.923 bits per heavy atom. The minimum absolute atomic E-state index is 0.635. The van der Waals surface area contributed by atoms with Gasteiger partial charge in [-0.15, -0.1) is 0 Å². The van der Waals surface area contributed by atoms with E-state index in [9.17, 15) is 18.3 Å². The number of hydrogen-bond donors (Lipinski definition) is 1. The smallest absolute Gasteiger partial charge is 0.385 e. The molecule has 0 radical (unpaired) electrons. The van der Waals surface area contributed by atoms with Crippen molar-refractivity contribution in [1.82, 2.24) is 0 Å². The van der Waals surface area contributed by atoms with Gasteiger partial charge in [-0.1, -0.05) is 44.7 Å². The third-order valence-electron chi connectivity index (χ3n) is 6.86. The zero-order chi connectivity index (χ0) is 18.8. The monoisotopic (exact) mass is 368 g/mol. The Labute approximate surface area is 155 Å². The SMILES string of the molecule is CCCC1CCC(C2CCC(O)(c3ccc(C(F)(F)F)cc3)CC2)CC1. The molecule has 0 spiro atoms. The number of rotatable bonds is 4. The Kier molecular flexibility index (Phi) is 6.01. The maximum atomic E-state index is 12.7. The van der Waals surface area contributed by atoms with Crippen LogP contribution >= 0.6 is 0 Å². The minimum Gasteiger partial charge on any atom is -0.385 e. The van der Waals surface area contributed by atoms with Crippen LogP contribution in [0.2, 0.25) is 0 Å². The Morgan fingerprint density at radius 3 is 1.96 bits per heavy atom. The van der Waals surface area contributed by atoms with Crippen molar-refractivity contribution in [1.29, 1.82) is 0 Å². The standard InChI is InChI=1S/C22H31F3O/c1-2-3-16-4-6-17(7-5-16)18-12-14-21(26,15-13-18)19-8-10-20(11-9-19)22(23,24)25/h8-11,16-18,26H,2-7,12-15H2,1H3. The number of hydrogen-bond acceptors (Lipinski definition) is 1. The normalized spacial score (nSPS) is 33.2. The maximum Gasteiger partial charge on any atom is 0.416 e. The molecule has 0 heterocycles. The van der Waals surface area contributed by atoms with Gasteiger partial charge in [0.05, 0.1) is 11.2 Å². The fourth-order valence-electron chi connectivity index (χ4n) is 5.20. The maximum absolute atomic E-state index is 12.7. The predicted molar refractivity (Wildman–Crippen MR) is 97.7 cm³/mol. The van der Waals surface area contributed by atoms with Crippen molar-refractivity contribution in [3.63, 3.8) is 0 Å². The van der Waals surface area contributed by atoms with E-state index in [1.807, 2.05) is 0 Å². The molecule has 0 unspecified atom stereocenters. The van der Waals surface area contributed by atoms with Crippen molar-refractivity contribution in [2.75, 3.05) is 0 Å². The molecule has 1 aromatic rings. The fraction of sp³-hybridized carbons (Fsp3) is 0.727. The molecule has 0 bridgehead atoms. The first-order chi connectivity index (χ1) is 12.3. The molecular formula is C22H31F3O. The third kappa shape index (κ3) is 4.44. The summed E-state index contributed by atoms with van der Waals surface area (Å²) in [5, 5.41) is 11.0. The van der Waals surface area contributed by atoms with E-state index in [1.54, 1.807) is 0 Å². The average Bonchev–Trinajstić information content (AvgIpc) is 2.63. The molecule has 1 N–H and O–H groups in total. The number of alkyl halides is 3. The highest BCUT2D eigenvalue weighted by Gasteiger charge is 2.38. The third-order valence-corrected chi connectivity index (χ3v) is 6.86. The van der Waals surface area contributed by atoms with Crippen molar-refractivity contribution < 1.29 is 18.3 Å². The van der Waals surface area contributed by atoms with E-state index in [4.69, 9.17) is 0 Å². The molecule has 2 fully saturated rings. The first-order valence-electron chi connectivity index (χ1n) is 10.2. The summed E-state index contributed by atoms with van der Waals surface area (Å²) in [5.74, 6) is 2.36. The molecule has 146 valence electrons. The van der Waals surface area contributed by atoms with E-state index in [-0.39, 0.29) is 0 Å². The van der Waals surface area contributed by atoms with E-state index < -0.39 is 17.3 Å². The molecule has 1 nitrogen and oxygen atoms in total. The summed E-state index contributed by atoms with van der Waals surface area (Å²) in [4.78, 5) is 0. The van der Waals surface area contributed by atoms with Gasteiger partial charge >= 0.3 is 6.18 Å². The van der Waals surface area contributed by atoms with Crippen LogP contribution < -0.4 is 0 Å². The second kappa shape index (κ2) is 7.92. The van der Waals surface area contributed by atoms with Gasteiger partial charge < -0.3 is 5.11 Å². The molecule has 0 saturated heterocycles. The average molecular weight is 368 g/mol. The fourth-order valence-corrected chi connectivity index (χ4v) is 5.20. The molecule has 0 aromatic heterocycles. The van der Waals surface area contributed by atoms with Crippen molar-refractivity contribution in [3.8, 4) is 0 Å². The molecule has 2 saturated carbocycles. The van der Waals surface area contributed by atoms with Crippen LogP contribution in [0.15, 0.2) is 24.3 Å². The Bertz CT molecular complexity index is 562. The van der Waals surface area contributed by atoms with Crippen LogP contribution in [-0.4, -0.2) is 5.11 Å². The number of aliphatic hydroxyl groups is 1. The topological polar surface area (TPSA) is 20.2 Å². The van der Waals surface area contributed by atoms with Gasteiger partial charge in [-0.25, -0.2) is 0 Å². The van der Waals surface area contributed by atoms with Gasteiger partial charge in [-0.3, -0.25) is 0 Å². The van der Waals surface area contributed by atoms with E-state index in [1.165, 1.54) is 50.7 Å². The highest BCUT2D eigenvalue weighted by molar-refractivity contribution is 5.29. The first-order valence-corrected chi connectivity index (χ1v) is 10.2. The summed E-state index contributed by atoms with van der Waals surface area (Å²) in [7, 11) is 0. The van der Waals surface area contributed by atoms with E-state index in [2.05, 4.69) is 6.92 Å². The molecular weight excluding hydrogens is 337 g/mol. The quantitative estimate of drug-likeness (QED) is 0.628. The lowest BCUT2D eigenvalue weighted by Crippen LogP contribution is -2.34. The lowest BCUT2D eigenvalue weighted by Gasteiger charge is -2.41. The second-order valence-corrected chi connectivity index (χ2v) is 8.51. The number of halogens is 3. The van der Waals surface area contributed by atoms with Crippen molar-refractivity contribution in [2.45, 2.75) is 82.9 Å². The second-order valence-electron chi connectivity index (χ2n) is 8.51. The molecule has 1 aromatic carbocycles. The summed E-state index contributed by atoms with van der Waals surface area (Å²) in [6.07, 6.45) is 6.93. The molecule has 3 rings (SSSR count). The Hall–Kier alpha value is -1.03. The zero-order valence-electron chi connectivity index (χ0n) is 15.7. The molecule has 26 heavy (non-hydrogen) atoms. The van der Waals surface area contributed by atoms with E-state index >= 15 is 0 Å². The van der Waals surface area contributed by atoms with Crippen LogP contribution in [0.4, 0.5) is 13.2 Å². The van der Waals surface area contributed by atoms with Crippen LogP contribution in [-0.2, 0) is 11.8 Å². The van der Waals surface area contributed by atoms with Gasteiger partial charge in [0.15, 0.2) is 0 Å². The Morgan fingerprint density at radius 2 is 1.46 bits per heavy atom. The molecule has 0 amide bonds. The molecule has 2 aliphatic carbocycles. The van der Waals surface area contributed by atoms with Crippen molar-refractivity contribution >= 4 is 0 Å². The highest BCUT2D eigenvalue weighted by atomic mass is 19.4. The number of benzene rings is 1. The van der Waals surface area contributed by atoms with E-state index in [0.29, 0.717) is 24.3 Å². The van der Waals surface area contributed by atoms with Crippen LogP contribution in [0.5, 0.6) is 0 Å². The first kappa shape index (κ1) is 19.7. The summed E-state index contributed by atoms with van der Waals surface area (Å²) in [6, 6.07) is 5.10. The van der Waals surface area contributed by atoms with Crippen molar-refractivity contribution in [2.24, 2.45) is 17.8 Å². The Balaban J connectivity index is 1.56. The largest absolute Gasteiger partial charge is 0.416 e. The van der Waals surface area contributed by atoms with E-state index in [0.717, 1.165) is 36.8 Å². The van der Waals surface area contributed by atoms with Crippen LogP contribution in [0.3, 0.4) is 0 Å². The lowest BCUT2D eigenvalue weighted by molar-refractivity contribution is -0.137. The van der Waals surface area contributed by atoms with Crippen molar-refractivity contribution in [3.05, 3.63) is 35.4 Å². The van der Waals surface area contributed by atoms with Gasteiger partial charge in [-0.2, -0.15) is 13.2 Å². The van der Waals surface area contributed by atoms with Gasteiger partial charge in [0, 0.05) is 0 Å². The van der Waals surface area contributed by atoms with Crippen LogP contribution in [0, 0.1) is 17.8 Å². The summed E-state index contributed by atoms with van der Waals surface area (Å²) >= 11 is 0. The van der Waals surface area contributed by atoms with Crippen LogP contribution in [0.25, 0.3) is 0 Å². The highest BCUT2D eigenvalue weighted by Crippen LogP contribution is 2.46. The molecule has 0 atom stereocenters. The van der Waals surface area contributed by atoms with Crippen LogP contribution in [0.1, 0.15) is 82.3 Å². The molecule has 0 aliphatic heterocycles. The summed E-state index contributed by atoms with van der Waals surface area (Å²) < 4.78 is 38.2. The predicted octanol–water partition coefficient (Wildman–Crippen LogP) is 6.69.